The van der Waals surface area contributed by atoms with Crippen LogP contribution in [-0.4, -0.2) is 22.2 Å². The molecule has 0 N–H and O–H groups in total. The third-order valence-electron chi connectivity index (χ3n) is 4.98. The standard InChI is InChI=1S/C22H16N4O2S2/c1-29-22-23-19(27)18-16-9-5-6-10-17(16)25(21(28)14-7-3-2-4-8-14)20(26(18)24-22)15-11-12-30-13-15/h2-13,20H,1H3. The van der Waals surface area contributed by atoms with Gasteiger partial charge in [-0.2, -0.15) is 11.3 Å². The van der Waals surface area contributed by atoms with Gasteiger partial charge in [0.2, 0.25) is 0 Å². The largest absolute Gasteiger partial charge is 0.854 e. The summed E-state index contributed by atoms with van der Waals surface area (Å²) in [6.07, 6.45) is 1.24. The fraction of sp³-hybridized carbons (Fsp3) is 0.0909. The molecule has 30 heavy (non-hydrogen) atoms. The Balaban J connectivity index is 1.82. The minimum absolute atomic E-state index is 0.158. The molecule has 1 aliphatic rings. The molecule has 0 fully saturated rings. The lowest BCUT2D eigenvalue weighted by Crippen LogP contribution is -2.59. The normalized spacial score (nSPS) is 14.8. The molecule has 6 nitrogen and oxygen atoms in total. The van der Waals surface area contributed by atoms with Crippen LogP contribution in [0, 0.1) is 0 Å². The molecule has 4 aromatic rings. The van der Waals surface area contributed by atoms with Gasteiger partial charge in [0.25, 0.3) is 22.9 Å². The quantitative estimate of drug-likeness (QED) is 0.366. The molecule has 2 aromatic carbocycles. The van der Waals surface area contributed by atoms with Gasteiger partial charge in [0.1, 0.15) is 0 Å². The molecule has 1 amide bonds. The average Bonchev–Trinajstić information content (AvgIpc) is 3.32. The second kappa shape index (κ2) is 7.55. The highest BCUT2D eigenvalue weighted by atomic mass is 32.2. The molecular formula is C22H16N4O2S2. The van der Waals surface area contributed by atoms with E-state index in [-0.39, 0.29) is 11.8 Å². The zero-order chi connectivity index (χ0) is 20.7. The Kier molecular flexibility index (Phi) is 4.72. The number of benzene rings is 2. The molecule has 0 saturated carbocycles. The summed E-state index contributed by atoms with van der Waals surface area (Å²) in [5.41, 5.74) is 3.15. The Morgan fingerprint density at radius 2 is 1.90 bits per heavy atom. The zero-order valence-corrected chi connectivity index (χ0v) is 17.6. The summed E-state index contributed by atoms with van der Waals surface area (Å²) in [6.45, 7) is 0. The van der Waals surface area contributed by atoms with E-state index in [2.05, 4.69) is 10.1 Å². The lowest BCUT2D eigenvalue weighted by molar-refractivity contribution is -0.764. The van der Waals surface area contributed by atoms with Crippen molar-refractivity contribution >= 4 is 34.7 Å². The molecule has 3 heterocycles. The number of amides is 1. The minimum Gasteiger partial charge on any atom is -0.854 e. The van der Waals surface area contributed by atoms with Crippen LogP contribution in [0.15, 0.2) is 76.6 Å². The summed E-state index contributed by atoms with van der Waals surface area (Å²) in [6, 6.07) is 18.5. The van der Waals surface area contributed by atoms with Gasteiger partial charge >= 0.3 is 0 Å². The molecule has 0 spiro atoms. The molecule has 8 heteroatoms. The summed E-state index contributed by atoms with van der Waals surface area (Å²) in [5, 5.41) is 21.9. The number of para-hydroxylation sites is 1. The van der Waals surface area contributed by atoms with Gasteiger partial charge in [-0.05, 0) is 42.0 Å². The highest BCUT2D eigenvalue weighted by Crippen LogP contribution is 2.41. The van der Waals surface area contributed by atoms with Crippen molar-refractivity contribution in [1.82, 2.24) is 10.1 Å². The van der Waals surface area contributed by atoms with Gasteiger partial charge in [0.05, 0.1) is 22.7 Å². The first-order chi connectivity index (χ1) is 14.7. The van der Waals surface area contributed by atoms with Crippen molar-refractivity contribution in [3.8, 4) is 17.1 Å². The van der Waals surface area contributed by atoms with Crippen molar-refractivity contribution in [3.63, 3.8) is 0 Å². The summed E-state index contributed by atoms with van der Waals surface area (Å²) >= 11 is 2.83. The molecule has 0 aliphatic carbocycles. The molecule has 2 aromatic heterocycles. The molecule has 1 atom stereocenters. The highest BCUT2D eigenvalue weighted by molar-refractivity contribution is 7.98. The fourth-order valence-corrected chi connectivity index (χ4v) is 4.70. The number of carbonyl (C=O) groups is 1. The highest BCUT2D eigenvalue weighted by Gasteiger charge is 2.45. The fourth-order valence-electron chi connectivity index (χ4n) is 3.68. The number of rotatable bonds is 3. The molecule has 5 rings (SSSR count). The van der Waals surface area contributed by atoms with Crippen LogP contribution in [0.5, 0.6) is 5.88 Å². The Morgan fingerprint density at radius 3 is 2.63 bits per heavy atom. The summed E-state index contributed by atoms with van der Waals surface area (Å²) in [4.78, 5) is 19.5. The van der Waals surface area contributed by atoms with Crippen LogP contribution in [0.3, 0.4) is 0 Å². The molecule has 0 bridgehead atoms. The van der Waals surface area contributed by atoms with Crippen LogP contribution in [0.2, 0.25) is 0 Å². The van der Waals surface area contributed by atoms with E-state index in [0.717, 1.165) is 5.56 Å². The molecule has 0 saturated heterocycles. The van der Waals surface area contributed by atoms with Crippen molar-refractivity contribution in [2.24, 2.45) is 0 Å². The van der Waals surface area contributed by atoms with E-state index in [1.807, 2.05) is 65.5 Å². The third kappa shape index (κ3) is 2.96. The van der Waals surface area contributed by atoms with Crippen molar-refractivity contribution in [1.29, 1.82) is 0 Å². The number of hydrogen-bond acceptors (Lipinski definition) is 6. The third-order valence-corrected chi connectivity index (χ3v) is 6.22. The number of anilines is 1. The van der Waals surface area contributed by atoms with Crippen LogP contribution >= 0.6 is 23.1 Å². The predicted octanol–water partition coefficient (Wildman–Crippen LogP) is 3.50. The summed E-state index contributed by atoms with van der Waals surface area (Å²) in [5.74, 6) is -0.511. The first-order valence-electron chi connectivity index (χ1n) is 9.24. The summed E-state index contributed by atoms with van der Waals surface area (Å²) in [7, 11) is 0. The molecule has 148 valence electrons. The number of thioether (sulfide) groups is 1. The van der Waals surface area contributed by atoms with Gasteiger partial charge in [-0.15, -0.1) is 0 Å². The SMILES string of the molecule is CSc1nc([O-])c2[n+](n1)C(c1ccsc1)N(C(=O)c1ccccc1)c1ccccc1-2. The smallest absolute Gasteiger partial charge is 0.294 e. The lowest BCUT2D eigenvalue weighted by Gasteiger charge is -2.33. The second-order valence-electron chi connectivity index (χ2n) is 6.69. The Labute approximate surface area is 181 Å². The van der Waals surface area contributed by atoms with Crippen LogP contribution in [0.25, 0.3) is 11.3 Å². The number of fused-ring (bicyclic) bond motifs is 3. The van der Waals surface area contributed by atoms with Crippen LogP contribution in [0.1, 0.15) is 22.1 Å². The second-order valence-corrected chi connectivity index (χ2v) is 8.24. The number of aromatic nitrogens is 3. The van der Waals surface area contributed by atoms with Gasteiger partial charge in [0, 0.05) is 16.0 Å². The molecule has 1 unspecified atom stereocenters. The maximum Gasteiger partial charge on any atom is 0.294 e. The van der Waals surface area contributed by atoms with Crippen molar-refractivity contribution in [2.75, 3.05) is 11.2 Å². The Bertz CT molecular complexity index is 1230. The van der Waals surface area contributed by atoms with Gasteiger partial charge in [-0.25, -0.2) is 9.88 Å². The maximum atomic E-state index is 13.7. The van der Waals surface area contributed by atoms with E-state index in [9.17, 15) is 9.90 Å². The number of carbonyl (C=O) groups excluding carboxylic acids is 1. The molecule has 1 aliphatic heterocycles. The van der Waals surface area contributed by atoms with Crippen LogP contribution in [-0.2, 0) is 0 Å². The summed E-state index contributed by atoms with van der Waals surface area (Å²) < 4.78 is 1.65. The van der Waals surface area contributed by atoms with E-state index in [1.165, 1.54) is 23.1 Å². The number of hydrogen-bond donors (Lipinski definition) is 0. The van der Waals surface area contributed by atoms with Gasteiger partial charge in [-0.3, -0.25) is 4.79 Å². The van der Waals surface area contributed by atoms with Crippen molar-refractivity contribution in [2.45, 2.75) is 11.3 Å². The van der Waals surface area contributed by atoms with Gasteiger partial charge < -0.3 is 5.11 Å². The monoisotopic (exact) mass is 432 g/mol. The molecule has 0 radical (unpaired) electrons. The van der Waals surface area contributed by atoms with E-state index < -0.39 is 6.17 Å². The molecular weight excluding hydrogens is 416 g/mol. The van der Waals surface area contributed by atoms with E-state index in [1.54, 1.807) is 21.7 Å². The lowest BCUT2D eigenvalue weighted by atomic mass is 10.0. The van der Waals surface area contributed by atoms with Crippen molar-refractivity contribution < 1.29 is 14.6 Å². The number of thiophene rings is 1. The van der Waals surface area contributed by atoms with Crippen LogP contribution < -0.4 is 14.7 Å². The first-order valence-corrected chi connectivity index (χ1v) is 11.4. The topological polar surface area (TPSA) is 73.0 Å². The first kappa shape index (κ1) is 18.8. The van der Waals surface area contributed by atoms with E-state index >= 15 is 0 Å². The number of nitrogens with zero attached hydrogens (tertiary/aromatic N) is 4. The van der Waals surface area contributed by atoms with Gasteiger partial charge in [-0.1, -0.05) is 46.8 Å². The van der Waals surface area contributed by atoms with Gasteiger partial charge in [0.15, 0.2) is 0 Å². The predicted molar refractivity (Wildman–Crippen MR) is 115 cm³/mol. The zero-order valence-electron chi connectivity index (χ0n) is 15.9. The maximum absolute atomic E-state index is 13.7. The Hall–Kier alpha value is -3.23. The van der Waals surface area contributed by atoms with E-state index in [0.29, 0.717) is 27.7 Å². The minimum atomic E-state index is -0.588. The van der Waals surface area contributed by atoms with Crippen LogP contribution in [0.4, 0.5) is 5.69 Å². The van der Waals surface area contributed by atoms with E-state index in [4.69, 9.17) is 0 Å². The van der Waals surface area contributed by atoms with Crippen molar-refractivity contribution in [3.05, 3.63) is 82.6 Å². The average molecular weight is 433 g/mol. The Morgan fingerprint density at radius 1 is 1.13 bits per heavy atom.